The van der Waals surface area contributed by atoms with Crippen LogP contribution in [0.4, 0.5) is 0 Å². The number of thioether (sulfide) groups is 1. The van der Waals surface area contributed by atoms with Crippen molar-refractivity contribution in [1.82, 2.24) is 5.32 Å². The average molecular weight is 328 g/mol. The van der Waals surface area contributed by atoms with Crippen LogP contribution >= 0.6 is 34.7 Å². The molecule has 3 atom stereocenters. The molecule has 2 aromatic heterocycles. The first kappa shape index (κ1) is 14.5. The molecule has 2 aromatic rings. The summed E-state index contributed by atoms with van der Waals surface area (Å²) in [6.45, 7) is 0. The van der Waals surface area contributed by atoms with E-state index in [9.17, 15) is 0 Å². The molecule has 2 heterocycles. The van der Waals surface area contributed by atoms with Crippen molar-refractivity contribution in [1.29, 1.82) is 0 Å². The maximum Gasteiger partial charge on any atom is 0.126 e. The van der Waals surface area contributed by atoms with E-state index in [1.807, 2.05) is 30.0 Å². The van der Waals surface area contributed by atoms with Crippen LogP contribution in [-0.4, -0.2) is 17.5 Å². The minimum absolute atomic E-state index is 0.111. The van der Waals surface area contributed by atoms with E-state index < -0.39 is 0 Å². The fourth-order valence-electron chi connectivity index (χ4n) is 2.86. The summed E-state index contributed by atoms with van der Waals surface area (Å²) in [7, 11) is 0. The molecule has 3 rings (SSSR count). The number of thiophene rings is 1. The molecule has 0 saturated heterocycles. The van der Waals surface area contributed by atoms with Gasteiger partial charge in [-0.15, -0.1) is 11.3 Å². The van der Waals surface area contributed by atoms with Crippen LogP contribution in [0.25, 0.3) is 0 Å². The molecule has 5 heteroatoms. The van der Waals surface area contributed by atoms with Gasteiger partial charge in [0, 0.05) is 16.2 Å². The lowest BCUT2D eigenvalue weighted by molar-refractivity contribution is 0.412. The predicted molar refractivity (Wildman–Crippen MR) is 88.0 cm³/mol. The zero-order valence-corrected chi connectivity index (χ0v) is 13.7. The van der Waals surface area contributed by atoms with Crippen LogP contribution < -0.4 is 5.32 Å². The van der Waals surface area contributed by atoms with Crippen LogP contribution in [0.2, 0.25) is 4.34 Å². The first-order valence-electron chi connectivity index (χ1n) is 6.85. The van der Waals surface area contributed by atoms with Crippen molar-refractivity contribution >= 4 is 34.7 Å². The molecule has 2 nitrogen and oxygen atoms in total. The van der Waals surface area contributed by atoms with E-state index in [4.69, 9.17) is 16.0 Å². The molecule has 0 spiro atoms. The lowest BCUT2D eigenvalue weighted by atomic mass is 10.1. The lowest BCUT2D eigenvalue weighted by Crippen LogP contribution is -2.37. The molecule has 1 saturated carbocycles. The third kappa shape index (κ3) is 3.08. The largest absolute Gasteiger partial charge is 0.467 e. The maximum absolute atomic E-state index is 6.09. The van der Waals surface area contributed by atoms with Crippen LogP contribution in [0.15, 0.2) is 34.9 Å². The van der Waals surface area contributed by atoms with Gasteiger partial charge in [0.2, 0.25) is 0 Å². The van der Waals surface area contributed by atoms with Crippen molar-refractivity contribution in [3.05, 3.63) is 45.5 Å². The average Bonchev–Trinajstić information content (AvgIpc) is 3.17. The smallest absolute Gasteiger partial charge is 0.126 e. The van der Waals surface area contributed by atoms with E-state index in [2.05, 4.69) is 17.6 Å². The molecule has 20 heavy (non-hydrogen) atoms. The molecule has 1 fully saturated rings. The number of nitrogens with one attached hydrogen (secondary N) is 1. The van der Waals surface area contributed by atoms with Gasteiger partial charge in [0.25, 0.3) is 0 Å². The van der Waals surface area contributed by atoms with Gasteiger partial charge in [-0.1, -0.05) is 18.0 Å². The van der Waals surface area contributed by atoms with E-state index in [1.54, 1.807) is 17.6 Å². The highest BCUT2D eigenvalue weighted by molar-refractivity contribution is 7.99. The highest BCUT2D eigenvalue weighted by Crippen LogP contribution is 2.35. The van der Waals surface area contributed by atoms with Crippen LogP contribution in [0.3, 0.4) is 0 Å². The Balaban J connectivity index is 1.83. The molecule has 0 amide bonds. The second-order valence-electron chi connectivity index (χ2n) is 5.07. The van der Waals surface area contributed by atoms with Crippen LogP contribution in [-0.2, 0) is 0 Å². The highest BCUT2D eigenvalue weighted by atomic mass is 35.5. The Kier molecular flexibility index (Phi) is 4.76. The first-order chi connectivity index (χ1) is 9.78. The molecular formula is C15H18ClNOS2. The summed E-state index contributed by atoms with van der Waals surface area (Å²) in [5.41, 5.74) is 0. The number of halogens is 1. The summed E-state index contributed by atoms with van der Waals surface area (Å²) in [5.74, 6) is 0.968. The minimum atomic E-state index is 0.111. The van der Waals surface area contributed by atoms with E-state index in [-0.39, 0.29) is 6.04 Å². The lowest BCUT2D eigenvalue weighted by Gasteiger charge is -2.24. The molecule has 3 unspecified atom stereocenters. The van der Waals surface area contributed by atoms with Crippen molar-refractivity contribution < 1.29 is 4.42 Å². The maximum atomic E-state index is 6.09. The van der Waals surface area contributed by atoms with Crippen LogP contribution in [0, 0.1) is 0 Å². The second kappa shape index (κ2) is 6.56. The van der Waals surface area contributed by atoms with Crippen molar-refractivity contribution in [2.75, 3.05) is 6.26 Å². The van der Waals surface area contributed by atoms with Gasteiger partial charge < -0.3 is 4.42 Å². The summed E-state index contributed by atoms with van der Waals surface area (Å²) in [4.78, 5) is 1.22. The van der Waals surface area contributed by atoms with Crippen molar-refractivity contribution in [3.8, 4) is 0 Å². The SMILES string of the molecule is CSC1CCCC1NC(c1ccco1)c1ccc(Cl)s1. The molecule has 1 aliphatic carbocycles. The Morgan fingerprint density at radius 1 is 1.40 bits per heavy atom. The summed E-state index contributed by atoms with van der Waals surface area (Å²) >= 11 is 9.68. The second-order valence-corrected chi connectivity index (χ2v) is 7.89. The van der Waals surface area contributed by atoms with E-state index in [0.29, 0.717) is 11.3 Å². The van der Waals surface area contributed by atoms with E-state index >= 15 is 0 Å². The normalized spacial score (nSPS) is 24.1. The molecule has 0 radical (unpaired) electrons. The van der Waals surface area contributed by atoms with Crippen LogP contribution in [0.1, 0.15) is 35.9 Å². The van der Waals surface area contributed by atoms with Gasteiger partial charge in [-0.25, -0.2) is 0 Å². The molecular weight excluding hydrogens is 310 g/mol. The predicted octanol–water partition coefficient (Wildman–Crippen LogP) is 4.96. The van der Waals surface area contributed by atoms with Gasteiger partial charge in [0.15, 0.2) is 0 Å². The number of furan rings is 1. The van der Waals surface area contributed by atoms with Gasteiger partial charge in [0.05, 0.1) is 10.6 Å². The molecule has 0 aliphatic heterocycles. The highest BCUT2D eigenvalue weighted by Gasteiger charge is 2.30. The quantitative estimate of drug-likeness (QED) is 0.840. The fraction of sp³-hybridized carbons (Fsp3) is 0.467. The van der Waals surface area contributed by atoms with Crippen LogP contribution in [0.5, 0.6) is 0 Å². The summed E-state index contributed by atoms with van der Waals surface area (Å²) in [6, 6.07) is 8.69. The molecule has 108 valence electrons. The van der Waals surface area contributed by atoms with Gasteiger partial charge in [-0.2, -0.15) is 11.8 Å². The first-order valence-corrected chi connectivity index (χ1v) is 9.33. The van der Waals surface area contributed by atoms with Crippen molar-refractivity contribution in [2.24, 2.45) is 0 Å². The fourth-order valence-corrected chi connectivity index (χ4v) is 4.93. The van der Waals surface area contributed by atoms with E-state index in [1.165, 1.54) is 24.1 Å². The summed E-state index contributed by atoms with van der Waals surface area (Å²) in [5, 5.41) is 4.48. The Bertz CT molecular complexity index is 540. The molecule has 0 aromatic carbocycles. The van der Waals surface area contributed by atoms with E-state index in [0.717, 1.165) is 10.1 Å². The Labute approximate surface area is 132 Å². The van der Waals surface area contributed by atoms with Gasteiger partial charge in [-0.3, -0.25) is 5.32 Å². The van der Waals surface area contributed by atoms with Crippen molar-refractivity contribution in [2.45, 2.75) is 36.6 Å². The number of rotatable bonds is 5. The Morgan fingerprint density at radius 3 is 2.95 bits per heavy atom. The standard InChI is InChI=1S/C15H18ClNOS2/c1-19-12-6-2-4-10(12)17-15(11-5-3-9-18-11)13-7-8-14(16)20-13/h3,5,7-10,12,15,17H,2,4,6H2,1H3. The zero-order valence-electron chi connectivity index (χ0n) is 11.3. The van der Waals surface area contributed by atoms with Gasteiger partial charge in [0.1, 0.15) is 11.8 Å². The summed E-state index contributed by atoms with van der Waals surface area (Å²) < 4.78 is 6.46. The molecule has 0 bridgehead atoms. The number of hydrogen-bond acceptors (Lipinski definition) is 4. The summed E-state index contributed by atoms with van der Waals surface area (Å²) in [6.07, 6.45) is 7.78. The zero-order chi connectivity index (χ0) is 13.9. The number of hydrogen-bond donors (Lipinski definition) is 1. The molecule has 1 aliphatic rings. The third-order valence-electron chi connectivity index (χ3n) is 3.84. The monoisotopic (exact) mass is 327 g/mol. The molecule has 1 N–H and O–H groups in total. The third-order valence-corrected chi connectivity index (χ3v) is 6.31. The topological polar surface area (TPSA) is 25.2 Å². The minimum Gasteiger partial charge on any atom is -0.467 e. The Hall–Kier alpha value is -0.420. The Morgan fingerprint density at radius 2 is 2.30 bits per heavy atom. The van der Waals surface area contributed by atoms with Gasteiger partial charge in [-0.05, 0) is 43.4 Å². The van der Waals surface area contributed by atoms with Gasteiger partial charge >= 0.3 is 0 Å². The van der Waals surface area contributed by atoms with Crippen molar-refractivity contribution in [3.63, 3.8) is 0 Å².